The maximum atomic E-state index is 13.1. The minimum Gasteiger partial charge on any atom is -0.392 e. The second kappa shape index (κ2) is 10.7. The van der Waals surface area contributed by atoms with Crippen LogP contribution in [0.3, 0.4) is 0 Å². The van der Waals surface area contributed by atoms with Crippen molar-refractivity contribution in [2.75, 3.05) is 0 Å². The van der Waals surface area contributed by atoms with Crippen LogP contribution in [0, 0.1) is 40.4 Å². The Labute approximate surface area is 209 Å². The molecule has 0 unspecified atom stereocenters. The highest BCUT2D eigenvalue weighted by Crippen LogP contribution is 2.55. The lowest BCUT2D eigenvalue weighted by molar-refractivity contribution is -0.142. The Morgan fingerprint density at radius 2 is 1.71 bits per heavy atom. The molecule has 3 aliphatic carbocycles. The van der Waals surface area contributed by atoms with E-state index in [1.165, 1.54) is 19.3 Å². The summed E-state index contributed by atoms with van der Waals surface area (Å²) in [5.41, 5.74) is 1.09. The molecule has 2 amide bonds. The molecule has 0 aliphatic heterocycles. The first-order valence-corrected chi connectivity index (χ1v) is 13.5. The molecule has 1 aromatic rings. The standard InChI is InChI=1S/C29H41N3O3/c1-18(27(34)31-22-7-5-4-6-8-22)23-13-15-29(3)16-14-24(19(2)25(29)26(23)33)32-28(35)21-11-9-20(17-30)10-12-21/h9-12,18-19,22-26,33H,4-8,13-16H2,1-3H3,(H,31,34)(H,32,35)/t18-,19+,23-,24-,25+,26-,29-/m0/s1. The normalized spacial score (nSPS) is 34.2. The van der Waals surface area contributed by atoms with Gasteiger partial charge in [-0.05, 0) is 86.0 Å². The van der Waals surface area contributed by atoms with E-state index in [0.717, 1.165) is 38.5 Å². The van der Waals surface area contributed by atoms with Gasteiger partial charge < -0.3 is 15.7 Å². The number of aliphatic hydroxyl groups excluding tert-OH is 1. The number of hydrogen-bond donors (Lipinski definition) is 3. The molecule has 35 heavy (non-hydrogen) atoms. The Morgan fingerprint density at radius 3 is 2.37 bits per heavy atom. The van der Waals surface area contributed by atoms with E-state index in [2.05, 4.69) is 30.6 Å². The zero-order chi connectivity index (χ0) is 25.2. The SMILES string of the molecule is C[C@H]1[C@@H]2[C@@H](O)[C@H]([C@H](C)C(=O)NC3CCCCC3)CC[C@@]2(C)CC[C@@H]1NC(=O)c1ccc(C#N)cc1. The van der Waals surface area contributed by atoms with E-state index >= 15 is 0 Å². The predicted molar refractivity (Wildman–Crippen MR) is 135 cm³/mol. The van der Waals surface area contributed by atoms with Crippen molar-refractivity contribution in [1.29, 1.82) is 5.26 Å². The van der Waals surface area contributed by atoms with Crippen LogP contribution in [0.15, 0.2) is 24.3 Å². The summed E-state index contributed by atoms with van der Waals surface area (Å²) in [4.78, 5) is 26.0. The maximum absolute atomic E-state index is 13.1. The van der Waals surface area contributed by atoms with Gasteiger partial charge in [0.2, 0.25) is 5.91 Å². The smallest absolute Gasteiger partial charge is 0.251 e. The fraction of sp³-hybridized carbons (Fsp3) is 0.690. The third kappa shape index (κ3) is 5.40. The Hall–Kier alpha value is -2.39. The number of hydrogen-bond acceptors (Lipinski definition) is 4. The van der Waals surface area contributed by atoms with Crippen molar-refractivity contribution in [3.8, 4) is 6.07 Å². The largest absolute Gasteiger partial charge is 0.392 e. The van der Waals surface area contributed by atoms with Crippen molar-refractivity contribution in [2.24, 2.45) is 29.1 Å². The number of rotatable bonds is 5. The van der Waals surface area contributed by atoms with Gasteiger partial charge in [0, 0.05) is 23.6 Å². The lowest BCUT2D eigenvalue weighted by atomic mass is 9.51. The molecule has 3 saturated carbocycles. The topological polar surface area (TPSA) is 102 Å². The molecule has 0 saturated heterocycles. The maximum Gasteiger partial charge on any atom is 0.251 e. The van der Waals surface area contributed by atoms with Gasteiger partial charge in [0.25, 0.3) is 5.91 Å². The summed E-state index contributed by atoms with van der Waals surface area (Å²) in [6.45, 7) is 6.40. The molecule has 6 heteroatoms. The molecular formula is C29H41N3O3. The molecule has 1 aromatic carbocycles. The third-order valence-electron chi connectivity index (χ3n) is 9.49. The summed E-state index contributed by atoms with van der Waals surface area (Å²) in [5.74, 6) is -0.214. The first kappa shape index (κ1) is 25.7. The number of nitrogens with zero attached hydrogens (tertiary/aromatic N) is 1. The summed E-state index contributed by atoms with van der Waals surface area (Å²) in [6, 6.07) is 9.01. The van der Waals surface area contributed by atoms with Crippen molar-refractivity contribution >= 4 is 11.8 Å². The monoisotopic (exact) mass is 479 g/mol. The zero-order valence-electron chi connectivity index (χ0n) is 21.4. The van der Waals surface area contributed by atoms with Crippen LogP contribution >= 0.6 is 0 Å². The molecular weight excluding hydrogens is 438 g/mol. The number of carbonyl (C=O) groups is 2. The summed E-state index contributed by atoms with van der Waals surface area (Å²) in [6.07, 6.45) is 8.86. The van der Waals surface area contributed by atoms with Gasteiger partial charge in [0.1, 0.15) is 0 Å². The summed E-state index contributed by atoms with van der Waals surface area (Å²) in [5, 5.41) is 27.1. The van der Waals surface area contributed by atoms with Gasteiger partial charge in [-0.3, -0.25) is 9.59 Å². The van der Waals surface area contributed by atoms with Crippen LogP contribution in [0.5, 0.6) is 0 Å². The van der Waals surface area contributed by atoms with Crippen molar-refractivity contribution in [2.45, 2.75) is 96.7 Å². The van der Waals surface area contributed by atoms with Crippen LogP contribution in [0.1, 0.15) is 94.5 Å². The van der Waals surface area contributed by atoms with Crippen LogP contribution in [0.4, 0.5) is 0 Å². The number of fused-ring (bicyclic) bond motifs is 1. The Kier molecular flexibility index (Phi) is 7.86. The first-order chi connectivity index (χ1) is 16.7. The average Bonchev–Trinajstić information content (AvgIpc) is 2.86. The van der Waals surface area contributed by atoms with E-state index in [9.17, 15) is 14.7 Å². The third-order valence-corrected chi connectivity index (χ3v) is 9.49. The molecule has 0 spiro atoms. The molecule has 3 fully saturated rings. The second-order valence-electron chi connectivity index (χ2n) is 11.7. The minimum atomic E-state index is -0.564. The molecule has 3 aliphatic rings. The fourth-order valence-corrected chi connectivity index (χ4v) is 7.22. The minimum absolute atomic E-state index is 0.0184. The number of aliphatic hydroxyl groups is 1. The van der Waals surface area contributed by atoms with E-state index in [1.54, 1.807) is 24.3 Å². The molecule has 3 N–H and O–H groups in total. The molecule has 6 nitrogen and oxygen atoms in total. The van der Waals surface area contributed by atoms with Gasteiger partial charge in [-0.15, -0.1) is 0 Å². The highest BCUT2D eigenvalue weighted by atomic mass is 16.3. The number of nitriles is 1. The van der Waals surface area contributed by atoms with Gasteiger partial charge in [-0.25, -0.2) is 0 Å². The van der Waals surface area contributed by atoms with Gasteiger partial charge in [0.05, 0.1) is 17.7 Å². The van der Waals surface area contributed by atoms with Crippen LogP contribution in [0.25, 0.3) is 0 Å². The highest BCUT2D eigenvalue weighted by molar-refractivity contribution is 5.94. The highest BCUT2D eigenvalue weighted by Gasteiger charge is 2.54. The van der Waals surface area contributed by atoms with Gasteiger partial charge in [-0.1, -0.05) is 40.0 Å². The average molecular weight is 480 g/mol. The molecule has 0 radical (unpaired) electrons. The quantitative estimate of drug-likeness (QED) is 0.576. The van der Waals surface area contributed by atoms with E-state index in [-0.39, 0.29) is 53.0 Å². The fourth-order valence-electron chi connectivity index (χ4n) is 7.22. The number of amides is 2. The second-order valence-corrected chi connectivity index (χ2v) is 11.7. The number of nitrogens with one attached hydrogen (secondary N) is 2. The summed E-state index contributed by atoms with van der Waals surface area (Å²) < 4.78 is 0. The number of benzene rings is 1. The molecule has 0 heterocycles. The van der Waals surface area contributed by atoms with E-state index in [0.29, 0.717) is 11.1 Å². The van der Waals surface area contributed by atoms with Crippen LogP contribution < -0.4 is 10.6 Å². The van der Waals surface area contributed by atoms with Crippen molar-refractivity contribution < 1.29 is 14.7 Å². The van der Waals surface area contributed by atoms with E-state index in [4.69, 9.17) is 5.26 Å². The lowest BCUT2D eigenvalue weighted by Crippen LogP contribution is -2.58. The van der Waals surface area contributed by atoms with Crippen molar-refractivity contribution in [1.82, 2.24) is 10.6 Å². The number of carbonyl (C=O) groups excluding carboxylic acids is 2. The molecule has 7 atom stereocenters. The Balaban J connectivity index is 1.42. The van der Waals surface area contributed by atoms with Crippen LogP contribution in [0.2, 0.25) is 0 Å². The molecule has 0 aromatic heterocycles. The van der Waals surface area contributed by atoms with Gasteiger partial charge in [-0.2, -0.15) is 5.26 Å². The molecule has 190 valence electrons. The van der Waals surface area contributed by atoms with Gasteiger partial charge in [0.15, 0.2) is 0 Å². The Morgan fingerprint density at radius 1 is 1.06 bits per heavy atom. The first-order valence-electron chi connectivity index (χ1n) is 13.5. The lowest BCUT2D eigenvalue weighted by Gasteiger charge is -2.56. The van der Waals surface area contributed by atoms with E-state index in [1.807, 2.05) is 6.92 Å². The van der Waals surface area contributed by atoms with Gasteiger partial charge >= 0.3 is 0 Å². The molecule has 0 bridgehead atoms. The van der Waals surface area contributed by atoms with Crippen molar-refractivity contribution in [3.63, 3.8) is 0 Å². The van der Waals surface area contributed by atoms with Crippen molar-refractivity contribution in [3.05, 3.63) is 35.4 Å². The van der Waals surface area contributed by atoms with E-state index < -0.39 is 6.10 Å². The zero-order valence-corrected chi connectivity index (χ0v) is 21.4. The van der Waals surface area contributed by atoms with Crippen LogP contribution in [-0.2, 0) is 4.79 Å². The predicted octanol–water partition coefficient (Wildman–Crippen LogP) is 4.56. The Bertz CT molecular complexity index is 949. The molecule has 4 rings (SSSR count). The summed E-state index contributed by atoms with van der Waals surface area (Å²) in [7, 11) is 0. The summed E-state index contributed by atoms with van der Waals surface area (Å²) >= 11 is 0. The van der Waals surface area contributed by atoms with Crippen LogP contribution in [-0.4, -0.2) is 35.1 Å².